The van der Waals surface area contributed by atoms with E-state index in [-0.39, 0.29) is 17.8 Å². The third kappa shape index (κ3) is 3.73. The molecule has 4 nitrogen and oxygen atoms in total. The molecule has 0 aromatic carbocycles. The van der Waals surface area contributed by atoms with Gasteiger partial charge in [-0.15, -0.1) is 0 Å². The van der Waals surface area contributed by atoms with Crippen molar-refractivity contribution in [3.63, 3.8) is 0 Å². The maximum Gasteiger partial charge on any atom is 0.157 e. The number of sulfone groups is 1. The molecule has 1 heterocycles. The maximum atomic E-state index is 12.6. The number of rotatable bonds is 5. The Kier molecular flexibility index (Phi) is 5.45. The summed E-state index contributed by atoms with van der Waals surface area (Å²) in [7, 11) is -3.23. The number of nitriles is 1. The minimum absolute atomic E-state index is 0.106. The average Bonchev–Trinajstić information content (AvgIpc) is 2.91. The van der Waals surface area contributed by atoms with Crippen molar-refractivity contribution < 1.29 is 13.2 Å². The Morgan fingerprint density at radius 1 is 1.30 bits per heavy atom. The van der Waals surface area contributed by atoms with Gasteiger partial charge in [0, 0.05) is 6.61 Å². The molecule has 0 bridgehead atoms. The largest absolute Gasteiger partial charge is 0.377 e. The second-order valence-corrected chi connectivity index (χ2v) is 8.47. The molecule has 1 aliphatic carbocycles. The fourth-order valence-corrected chi connectivity index (χ4v) is 5.88. The highest BCUT2D eigenvalue weighted by Gasteiger charge is 2.40. The Balaban J connectivity index is 2.06. The molecule has 2 fully saturated rings. The van der Waals surface area contributed by atoms with E-state index in [1.54, 1.807) is 0 Å². The molecule has 4 unspecified atom stereocenters. The van der Waals surface area contributed by atoms with Crippen LogP contribution in [-0.4, -0.2) is 32.1 Å². The van der Waals surface area contributed by atoms with E-state index in [0.29, 0.717) is 18.9 Å². The van der Waals surface area contributed by atoms with Crippen LogP contribution in [0.15, 0.2) is 0 Å². The molecule has 0 spiro atoms. The Morgan fingerprint density at radius 2 is 2.10 bits per heavy atom. The lowest BCUT2D eigenvalue weighted by atomic mass is 9.80. The third-order valence-corrected chi connectivity index (χ3v) is 6.95. The number of hydrogen-bond acceptors (Lipinski definition) is 4. The molecule has 0 N–H and O–H groups in total. The van der Waals surface area contributed by atoms with E-state index < -0.39 is 15.1 Å². The summed E-state index contributed by atoms with van der Waals surface area (Å²) in [4.78, 5) is 0. The van der Waals surface area contributed by atoms with Gasteiger partial charge in [0.05, 0.1) is 29.1 Å². The van der Waals surface area contributed by atoms with E-state index in [4.69, 9.17) is 4.74 Å². The van der Waals surface area contributed by atoms with Gasteiger partial charge in [0.2, 0.25) is 0 Å². The first-order valence-electron chi connectivity index (χ1n) is 7.79. The van der Waals surface area contributed by atoms with Crippen molar-refractivity contribution in [2.75, 3.05) is 12.4 Å². The smallest absolute Gasteiger partial charge is 0.157 e. The predicted octanol–water partition coefficient (Wildman–Crippen LogP) is 2.69. The normalized spacial score (nSPS) is 34.8. The fraction of sp³-hybridized carbons (Fsp3) is 0.933. The maximum absolute atomic E-state index is 12.6. The quantitative estimate of drug-likeness (QED) is 0.782. The molecule has 0 radical (unpaired) electrons. The van der Waals surface area contributed by atoms with Gasteiger partial charge in [-0.05, 0) is 38.0 Å². The van der Waals surface area contributed by atoms with E-state index in [1.807, 2.05) is 0 Å². The lowest BCUT2D eigenvalue weighted by molar-refractivity contribution is 0.127. The highest BCUT2D eigenvalue weighted by Crippen LogP contribution is 2.36. The van der Waals surface area contributed by atoms with Gasteiger partial charge in [-0.2, -0.15) is 5.26 Å². The minimum Gasteiger partial charge on any atom is -0.377 e. The number of hydrogen-bond donors (Lipinski definition) is 0. The lowest BCUT2D eigenvalue weighted by Gasteiger charge is -2.32. The van der Waals surface area contributed by atoms with Gasteiger partial charge in [-0.3, -0.25) is 0 Å². The summed E-state index contributed by atoms with van der Waals surface area (Å²) in [5, 5.41) is 8.79. The molecular formula is C15H25NO3S. The Bertz CT molecular complexity index is 448. The highest BCUT2D eigenvalue weighted by atomic mass is 32.2. The van der Waals surface area contributed by atoms with Crippen molar-refractivity contribution in [3.8, 4) is 6.07 Å². The highest BCUT2D eigenvalue weighted by molar-refractivity contribution is 7.92. The first kappa shape index (κ1) is 15.8. The van der Waals surface area contributed by atoms with Crippen molar-refractivity contribution in [2.24, 2.45) is 11.8 Å². The van der Waals surface area contributed by atoms with Crippen molar-refractivity contribution in [2.45, 2.75) is 63.2 Å². The van der Waals surface area contributed by atoms with Crippen LogP contribution in [0, 0.1) is 23.2 Å². The lowest BCUT2D eigenvalue weighted by Crippen LogP contribution is -2.39. The van der Waals surface area contributed by atoms with Gasteiger partial charge < -0.3 is 4.74 Å². The van der Waals surface area contributed by atoms with Crippen LogP contribution in [0.5, 0.6) is 0 Å². The van der Waals surface area contributed by atoms with Gasteiger partial charge in [-0.25, -0.2) is 8.42 Å². The van der Waals surface area contributed by atoms with Gasteiger partial charge >= 0.3 is 0 Å². The first-order chi connectivity index (χ1) is 9.56. The zero-order valence-corrected chi connectivity index (χ0v) is 13.1. The number of ether oxygens (including phenoxy) is 1. The van der Waals surface area contributed by atoms with Crippen LogP contribution in [-0.2, 0) is 14.6 Å². The summed E-state index contributed by atoms with van der Waals surface area (Å²) in [6.45, 7) is 2.80. The first-order valence-corrected chi connectivity index (χ1v) is 9.51. The summed E-state index contributed by atoms with van der Waals surface area (Å²) in [6.07, 6.45) is 6.19. The zero-order chi connectivity index (χ0) is 14.6. The standard InChI is InChI=1S/C15H25NO3S/c1-2-4-12-6-7-13(10-16)15(9-12)20(17,18)11-14-5-3-8-19-14/h12-15H,2-9,11H2,1H3. The predicted molar refractivity (Wildman–Crippen MR) is 77.9 cm³/mol. The zero-order valence-electron chi connectivity index (χ0n) is 12.3. The van der Waals surface area contributed by atoms with Crippen LogP contribution in [0.2, 0.25) is 0 Å². The topological polar surface area (TPSA) is 67.2 Å². The fourth-order valence-electron chi connectivity index (χ4n) is 3.59. The summed E-state index contributed by atoms with van der Waals surface area (Å²) in [5.74, 6) is 0.248. The van der Waals surface area contributed by atoms with Crippen LogP contribution in [0.1, 0.15) is 51.9 Å². The monoisotopic (exact) mass is 299 g/mol. The third-order valence-electron chi connectivity index (χ3n) is 4.67. The number of nitrogens with zero attached hydrogens (tertiary/aromatic N) is 1. The minimum atomic E-state index is -3.23. The average molecular weight is 299 g/mol. The van der Waals surface area contributed by atoms with E-state index in [9.17, 15) is 13.7 Å². The van der Waals surface area contributed by atoms with E-state index >= 15 is 0 Å². The van der Waals surface area contributed by atoms with Crippen LogP contribution in [0.25, 0.3) is 0 Å². The van der Waals surface area contributed by atoms with Crippen LogP contribution >= 0.6 is 0 Å². The molecule has 4 atom stereocenters. The van der Waals surface area contributed by atoms with Crippen LogP contribution in [0.3, 0.4) is 0 Å². The van der Waals surface area contributed by atoms with Crippen molar-refractivity contribution in [1.29, 1.82) is 5.26 Å². The van der Waals surface area contributed by atoms with E-state index in [1.165, 1.54) is 0 Å². The molecule has 0 amide bonds. The van der Waals surface area contributed by atoms with Gasteiger partial charge in [0.15, 0.2) is 9.84 Å². The summed E-state index contributed by atoms with van der Waals surface area (Å²) < 4.78 is 30.7. The Morgan fingerprint density at radius 3 is 2.70 bits per heavy atom. The molecule has 114 valence electrons. The molecule has 1 saturated heterocycles. The SMILES string of the molecule is CCCC1CCC(C#N)C(S(=O)(=O)CC2CCCO2)C1. The molecule has 5 heteroatoms. The Hall–Kier alpha value is -0.600. The molecule has 2 aliphatic rings. The summed E-state index contributed by atoms with van der Waals surface area (Å²) >= 11 is 0. The van der Waals surface area contributed by atoms with Crippen molar-refractivity contribution in [3.05, 3.63) is 0 Å². The van der Waals surface area contributed by atoms with Crippen LogP contribution < -0.4 is 0 Å². The molecule has 20 heavy (non-hydrogen) atoms. The van der Waals surface area contributed by atoms with E-state index in [2.05, 4.69) is 13.0 Å². The molecular weight excluding hydrogens is 274 g/mol. The van der Waals surface area contributed by atoms with Gasteiger partial charge in [-0.1, -0.05) is 19.8 Å². The second kappa shape index (κ2) is 6.91. The molecule has 0 aromatic heterocycles. The van der Waals surface area contributed by atoms with E-state index in [0.717, 1.165) is 38.5 Å². The molecule has 1 saturated carbocycles. The molecule has 1 aliphatic heterocycles. The molecule has 2 rings (SSSR count). The van der Waals surface area contributed by atoms with Crippen LogP contribution in [0.4, 0.5) is 0 Å². The van der Waals surface area contributed by atoms with Crippen molar-refractivity contribution in [1.82, 2.24) is 0 Å². The van der Waals surface area contributed by atoms with Gasteiger partial charge in [0.25, 0.3) is 0 Å². The van der Waals surface area contributed by atoms with Gasteiger partial charge in [0.1, 0.15) is 0 Å². The Labute approximate surface area is 122 Å². The summed E-state index contributed by atoms with van der Waals surface area (Å²) in [5.41, 5.74) is 0. The molecule has 0 aromatic rings. The van der Waals surface area contributed by atoms with Crippen molar-refractivity contribution >= 4 is 9.84 Å². The second-order valence-electron chi connectivity index (χ2n) is 6.21. The summed E-state index contributed by atoms with van der Waals surface area (Å²) in [6, 6.07) is 2.23.